The molecule has 0 amide bonds. The van der Waals surface area contributed by atoms with Crippen LogP contribution in [-0.2, 0) is 6.42 Å². The zero-order valence-electron chi connectivity index (χ0n) is 10.9. The summed E-state index contributed by atoms with van der Waals surface area (Å²) in [5, 5.41) is 0. The number of hydrogen-bond donors (Lipinski definition) is 1. The molecule has 94 valence electrons. The van der Waals surface area contributed by atoms with E-state index in [1.165, 1.54) is 5.56 Å². The third kappa shape index (κ3) is 2.27. The van der Waals surface area contributed by atoms with Gasteiger partial charge in [-0.25, -0.2) is 9.97 Å². The minimum absolute atomic E-state index is 0.481. The molecular weight excluding hydrogens is 226 g/mol. The van der Waals surface area contributed by atoms with Gasteiger partial charge in [0.2, 0.25) is 0 Å². The number of nitrogens with zero attached hydrogens (tertiary/aromatic N) is 2. The minimum atomic E-state index is 0.481. The molecule has 0 bridgehead atoms. The van der Waals surface area contributed by atoms with Gasteiger partial charge in [0, 0.05) is 17.3 Å². The third-order valence-corrected chi connectivity index (χ3v) is 2.90. The molecule has 0 spiro atoms. The Morgan fingerprint density at radius 3 is 2.67 bits per heavy atom. The molecule has 1 aromatic heterocycles. The first kappa shape index (κ1) is 12.4. The second kappa shape index (κ2) is 5.04. The van der Waals surface area contributed by atoms with Gasteiger partial charge < -0.3 is 10.5 Å². The van der Waals surface area contributed by atoms with Crippen LogP contribution in [0, 0.1) is 6.92 Å². The minimum Gasteiger partial charge on any atom is -0.496 e. The Morgan fingerprint density at radius 2 is 2.06 bits per heavy atom. The van der Waals surface area contributed by atoms with Gasteiger partial charge in [0.25, 0.3) is 0 Å². The molecule has 2 rings (SSSR count). The summed E-state index contributed by atoms with van der Waals surface area (Å²) < 4.78 is 5.37. The van der Waals surface area contributed by atoms with E-state index in [0.29, 0.717) is 11.6 Å². The molecule has 0 radical (unpaired) electrons. The van der Waals surface area contributed by atoms with E-state index in [9.17, 15) is 0 Å². The first-order valence-corrected chi connectivity index (χ1v) is 5.92. The van der Waals surface area contributed by atoms with Crippen LogP contribution in [0.2, 0.25) is 0 Å². The number of hydrogen-bond acceptors (Lipinski definition) is 4. The van der Waals surface area contributed by atoms with E-state index in [2.05, 4.69) is 23.0 Å². The molecule has 0 aliphatic rings. The lowest BCUT2D eigenvalue weighted by Crippen LogP contribution is -2.00. The fourth-order valence-corrected chi connectivity index (χ4v) is 1.88. The van der Waals surface area contributed by atoms with Crippen LogP contribution in [-0.4, -0.2) is 17.1 Å². The summed E-state index contributed by atoms with van der Waals surface area (Å²) in [5.74, 6) is 1.93. The van der Waals surface area contributed by atoms with Crippen molar-refractivity contribution >= 4 is 5.82 Å². The quantitative estimate of drug-likeness (QED) is 0.900. The predicted octanol–water partition coefficient (Wildman–Crippen LogP) is 2.61. The summed E-state index contributed by atoms with van der Waals surface area (Å²) in [5.41, 5.74) is 8.94. The fourth-order valence-electron chi connectivity index (χ4n) is 1.88. The average molecular weight is 243 g/mol. The molecule has 2 N–H and O–H groups in total. The Morgan fingerprint density at radius 1 is 1.28 bits per heavy atom. The molecule has 2 aromatic rings. The largest absolute Gasteiger partial charge is 0.496 e. The summed E-state index contributed by atoms with van der Waals surface area (Å²) in [6.45, 7) is 3.93. The van der Waals surface area contributed by atoms with Gasteiger partial charge >= 0.3 is 0 Å². The highest BCUT2D eigenvalue weighted by atomic mass is 16.5. The number of methoxy groups -OCH3 is 1. The molecule has 0 aliphatic heterocycles. The van der Waals surface area contributed by atoms with Crippen molar-refractivity contribution in [2.75, 3.05) is 12.8 Å². The van der Waals surface area contributed by atoms with Crippen molar-refractivity contribution in [2.45, 2.75) is 20.3 Å². The van der Waals surface area contributed by atoms with E-state index >= 15 is 0 Å². The molecule has 4 heteroatoms. The smallest absolute Gasteiger partial charge is 0.135 e. The molecule has 0 aliphatic carbocycles. The maximum Gasteiger partial charge on any atom is 0.135 e. The number of ether oxygens (including phenoxy) is 1. The van der Waals surface area contributed by atoms with E-state index in [0.717, 1.165) is 23.3 Å². The highest BCUT2D eigenvalue weighted by Gasteiger charge is 2.11. The van der Waals surface area contributed by atoms with Gasteiger partial charge in [0.05, 0.1) is 7.11 Å². The Balaban J connectivity index is 2.60. The zero-order valence-corrected chi connectivity index (χ0v) is 10.9. The average Bonchev–Trinajstić information content (AvgIpc) is 2.38. The van der Waals surface area contributed by atoms with Crippen LogP contribution in [0.4, 0.5) is 5.82 Å². The predicted molar refractivity (Wildman–Crippen MR) is 72.5 cm³/mol. The second-order valence-corrected chi connectivity index (χ2v) is 4.10. The van der Waals surface area contributed by atoms with Gasteiger partial charge in [0.1, 0.15) is 17.4 Å². The molecule has 0 atom stereocenters. The normalized spacial score (nSPS) is 10.4. The van der Waals surface area contributed by atoms with E-state index in [1.54, 1.807) is 13.3 Å². The van der Waals surface area contributed by atoms with Crippen molar-refractivity contribution in [1.82, 2.24) is 9.97 Å². The van der Waals surface area contributed by atoms with Crippen molar-refractivity contribution in [2.24, 2.45) is 0 Å². The summed E-state index contributed by atoms with van der Waals surface area (Å²) in [7, 11) is 1.65. The van der Waals surface area contributed by atoms with Crippen LogP contribution < -0.4 is 10.5 Å². The number of nitrogen functional groups attached to an aromatic ring is 1. The van der Waals surface area contributed by atoms with Gasteiger partial charge in [-0.15, -0.1) is 0 Å². The number of benzene rings is 1. The number of aromatic nitrogens is 2. The van der Waals surface area contributed by atoms with Gasteiger partial charge in [-0.2, -0.15) is 0 Å². The van der Waals surface area contributed by atoms with Gasteiger partial charge in [-0.3, -0.25) is 0 Å². The van der Waals surface area contributed by atoms with Crippen LogP contribution in [0.15, 0.2) is 24.4 Å². The fraction of sp³-hybridized carbons (Fsp3) is 0.286. The molecule has 0 saturated carbocycles. The summed E-state index contributed by atoms with van der Waals surface area (Å²) >= 11 is 0. The second-order valence-electron chi connectivity index (χ2n) is 4.10. The van der Waals surface area contributed by atoms with E-state index in [1.807, 2.05) is 19.1 Å². The monoisotopic (exact) mass is 243 g/mol. The van der Waals surface area contributed by atoms with Crippen LogP contribution in [0.25, 0.3) is 11.1 Å². The van der Waals surface area contributed by atoms with Crippen molar-refractivity contribution in [3.05, 3.63) is 35.8 Å². The van der Waals surface area contributed by atoms with Crippen molar-refractivity contribution < 1.29 is 4.74 Å². The Kier molecular flexibility index (Phi) is 3.46. The number of aryl methyl sites for hydroxylation is 2. The lowest BCUT2D eigenvalue weighted by Gasteiger charge is -2.11. The zero-order chi connectivity index (χ0) is 13.1. The van der Waals surface area contributed by atoms with E-state index in [-0.39, 0.29) is 0 Å². The molecular formula is C14H17N3O. The lowest BCUT2D eigenvalue weighted by atomic mass is 10.0. The molecule has 0 fully saturated rings. The summed E-state index contributed by atoms with van der Waals surface area (Å²) in [6, 6.07) is 6.07. The third-order valence-electron chi connectivity index (χ3n) is 2.90. The van der Waals surface area contributed by atoms with E-state index < -0.39 is 0 Å². The SMILES string of the molecule is CCc1ccc(OC)c(-c2cnc(C)nc2N)c1. The summed E-state index contributed by atoms with van der Waals surface area (Å²) in [6.07, 6.45) is 2.71. The summed E-state index contributed by atoms with van der Waals surface area (Å²) in [4.78, 5) is 8.39. The van der Waals surface area contributed by atoms with Gasteiger partial charge in [-0.1, -0.05) is 13.0 Å². The standard InChI is InChI=1S/C14H17N3O/c1-4-10-5-6-13(18-3)11(7-10)12-8-16-9(2)17-14(12)15/h5-8H,4H2,1-3H3,(H2,15,16,17). The van der Waals surface area contributed by atoms with Crippen molar-refractivity contribution in [3.8, 4) is 16.9 Å². The van der Waals surface area contributed by atoms with Gasteiger partial charge in [0.15, 0.2) is 0 Å². The van der Waals surface area contributed by atoms with Crippen LogP contribution in [0.3, 0.4) is 0 Å². The maximum absolute atomic E-state index is 5.96. The Bertz CT molecular complexity index is 567. The highest BCUT2D eigenvalue weighted by molar-refractivity contribution is 5.78. The number of rotatable bonds is 3. The number of anilines is 1. The first-order valence-electron chi connectivity index (χ1n) is 5.92. The van der Waals surface area contributed by atoms with Crippen LogP contribution in [0.5, 0.6) is 5.75 Å². The molecule has 1 heterocycles. The van der Waals surface area contributed by atoms with E-state index in [4.69, 9.17) is 10.5 Å². The van der Waals surface area contributed by atoms with Crippen LogP contribution in [0.1, 0.15) is 18.3 Å². The molecule has 18 heavy (non-hydrogen) atoms. The molecule has 0 unspecified atom stereocenters. The maximum atomic E-state index is 5.96. The highest BCUT2D eigenvalue weighted by Crippen LogP contribution is 2.33. The Hall–Kier alpha value is -2.10. The Labute approximate surface area is 107 Å². The van der Waals surface area contributed by atoms with Gasteiger partial charge in [-0.05, 0) is 31.0 Å². The van der Waals surface area contributed by atoms with Crippen molar-refractivity contribution in [1.29, 1.82) is 0 Å². The number of nitrogens with two attached hydrogens (primary N) is 1. The lowest BCUT2D eigenvalue weighted by molar-refractivity contribution is 0.416. The molecule has 0 saturated heterocycles. The van der Waals surface area contributed by atoms with Crippen molar-refractivity contribution in [3.63, 3.8) is 0 Å². The molecule has 1 aromatic carbocycles. The topological polar surface area (TPSA) is 61.0 Å². The van der Waals surface area contributed by atoms with Crippen LogP contribution >= 0.6 is 0 Å². The molecule has 4 nitrogen and oxygen atoms in total. The first-order chi connectivity index (χ1) is 8.65.